The van der Waals surface area contributed by atoms with Gasteiger partial charge in [0.15, 0.2) is 5.03 Å². The number of carboxylic acids is 1. The van der Waals surface area contributed by atoms with Crippen LogP contribution in [0.25, 0.3) is 0 Å². The Hall–Kier alpha value is -2.36. The smallest absolute Gasteiger partial charge is 0.328 e. The van der Waals surface area contributed by atoms with Gasteiger partial charge in [0.1, 0.15) is 0 Å². The summed E-state index contributed by atoms with van der Waals surface area (Å²) in [5, 5.41) is 20.8. The fourth-order valence-electron chi connectivity index (χ4n) is 3.18. The van der Waals surface area contributed by atoms with Gasteiger partial charge in [-0.3, -0.25) is 15.0 Å². The first-order valence-corrected chi connectivity index (χ1v) is 11.3. The molecule has 1 aromatic carbocycles. The van der Waals surface area contributed by atoms with E-state index in [0.29, 0.717) is 11.6 Å². The predicted octanol–water partition coefficient (Wildman–Crippen LogP) is 4.32. The Kier molecular flexibility index (Phi) is 7.29. The Bertz CT molecular complexity index is 935. The minimum Gasteiger partial charge on any atom is -0.478 e. The molecule has 1 N–H and O–H groups in total. The van der Waals surface area contributed by atoms with Crippen molar-refractivity contribution in [1.82, 2.24) is 9.88 Å². The summed E-state index contributed by atoms with van der Waals surface area (Å²) >= 11 is 0. The molecule has 1 fully saturated rings. The van der Waals surface area contributed by atoms with Gasteiger partial charge in [-0.1, -0.05) is 35.1 Å². The molecule has 0 bridgehead atoms. The Morgan fingerprint density at radius 2 is 2.17 bits per heavy atom. The second-order valence-electron chi connectivity index (χ2n) is 6.74. The molecule has 29 heavy (non-hydrogen) atoms. The standard InChI is InChI=1S/C20H21N3O4S2/c1-14-5-2-3-6-15(14)12-22-10-8-18(16(13-22)11-19(24)25)28-29-20-17(23(26)27)7-4-9-21-20/h2-7,9,11,18H,8,10,12-13H2,1H3,(H,24,25). The number of benzene rings is 1. The van der Waals surface area contributed by atoms with Crippen molar-refractivity contribution in [3.05, 3.63) is 75.5 Å². The first-order valence-electron chi connectivity index (χ1n) is 9.07. The van der Waals surface area contributed by atoms with E-state index in [2.05, 4.69) is 28.9 Å². The van der Waals surface area contributed by atoms with E-state index in [1.165, 1.54) is 57.1 Å². The van der Waals surface area contributed by atoms with Gasteiger partial charge in [0.05, 0.1) is 4.92 Å². The normalized spacial score (nSPS) is 18.7. The number of nitro groups is 1. The van der Waals surface area contributed by atoms with E-state index in [9.17, 15) is 20.0 Å². The molecule has 9 heteroatoms. The molecule has 0 saturated carbocycles. The maximum atomic E-state index is 11.3. The van der Waals surface area contributed by atoms with Crippen LogP contribution >= 0.6 is 21.6 Å². The van der Waals surface area contributed by atoms with Gasteiger partial charge in [-0.15, -0.1) is 0 Å². The molecule has 3 rings (SSSR count). The number of likely N-dealkylation sites (tertiary alicyclic amines) is 1. The Labute approximate surface area is 176 Å². The van der Waals surface area contributed by atoms with E-state index in [0.717, 1.165) is 25.1 Å². The summed E-state index contributed by atoms with van der Waals surface area (Å²) in [5.41, 5.74) is 3.22. The molecule has 2 heterocycles. The van der Waals surface area contributed by atoms with E-state index < -0.39 is 10.9 Å². The molecule has 152 valence electrons. The fraction of sp³-hybridized carbons (Fsp3) is 0.300. The van der Waals surface area contributed by atoms with E-state index in [4.69, 9.17) is 0 Å². The monoisotopic (exact) mass is 431 g/mol. The van der Waals surface area contributed by atoms with Crippen LogP contribution in [0.5, 0.6) is 0 Å². The summed E-state index contributed by atoms with van der Waals surface area (Å²) in [5.74, 6) is -0.975. The summed E-state index contributed by atoms with van der Waals surface area (Å²) in [6.07, 6.45) is 3.56. The average molecular weight is 432 g/mol. The second-order valence-corrected chi connectivity index (χ2v) is 9.13. The first-order chi connectivity index (χ1) is 13.9. The first kappa shape index (κ1) is 21.4. The third kappa shape index (κ3) is 5.81. The summed E-state index contributed by atoms with van der Waals surface area (Å²) < 4.78 is 0. The molecule has 2 aromatic rings. The lowest BCUT2D eigenvalue weighted by Gasteiger charge is -2.33. The largest absolute Gasteiger partial charge is 0.478 e. The van der Waals surface area contributed by atoms with Crippen molar-refractivity contribution in [3.63, 3.8) is 0 Å². The van der Waals surface area contributed by atoms with E-state index in [1.54, 1.807) is 0 Å². The molecule has 0 spiro atoms. The highest BCUT2D eigenvalue weighted by Crippen LogP contribution is 2.42. The van der Waals surface area contributed by atoms with E-state index in [1.807, 2.05) is 12.1 Å². The van der Waals surface area contributed by atoms with Gasteiger partial charge in [-0.05, 0) is 46.9 Å². The van der Waals surface area contributed by atoms with Gasteiger partial charge in [0.2, 0.25) is 0 Å². The summed E-state index contributed by atoms with van der Waals surface area (Å²) in [6.45, 7) is 4.22. The van der Waals surface area contributed by atoms with Gasteiger partial charge in [-0.2, -0.15) is 0 Å². The van der Waals surface area contributed by atoms with Crippen LogP contribution in [-0.4, -0.2) is 44.2 Å². The lowest BCUT2D eigenvalue weighted by atomic mass is 10.0. The lowest BCUT2D eigenvalue weighted by Crippen LogP contribution is -2.36. The zero-order chi connectivity index (χ0) is 20.8. The molecule has 1 aliphatic rings. The SMILES string of the molecule is Cc1ccccc1CN1CCC(SSc2ncccc2[N+](=O)[O-])C(=CC(=O)O)C1. The molecule has 0 radical (unpaired) electrons. The minimum atomic E-state index is -0.975. The molecule has 0 aliphatic carbocycles. The molecular weight excluding hydrogens is 410 g/mol. The zero-order valence-corrected chi connectivity index (χ0v) is 17.5. The van der Waals surface area contributed by atoms with Crippen molar-refractivity contribution in [1.29, 1.82) is 0 Å². The summed E-state index contributed by atoms with van der Waals surface area (Å²) in [6, 6.07) is 11.1. The number of pyridine rings is 1. The van der Waals surface area contributed by atoms with Gasteiger partial charge >= 0.3 is 11.7 Å². The number of carbonyl (C=O) groups is 1. The Morgan fingerprint density at radius 1 is 1.38 bits per heavy atom. The second kappa shape index (κ2) is 9.91. The maximum absolute atomic E-state index is 11.3. The van der Waals surface area contributed by atoms with Crippen LogP contribution in [0.3, 0.4) is 0 Å². The van der Waals surface area contributed by atoms with Gasteiger partial charge < -0.3 is 5.11 Å². The number of hydrogen-bond donors (Lipinski definition) is 1. The number of piperidine rings is 1. The van der Waals surface area contributed by atoms with Crippen LogP contribution in [-0.2, 0) is 11.3 Å². The van der Waals surface area contributed by atoms with Crippen molar-refractivity contribution in [3.8, 4) is 0 Å². The molecule has 1 aliphatic heterocycles. The Morgan fingerprint density at radius 3 is 2.90 bits per heavy atom. The zero-order valence-electron chi connectivity index (χ0n) is 15.9. The third-order valence-electron chi connectivity index (χ3n) is 4.68. The molecule has 1 atom stereocenters. The molecule has 7 nitrogen and oxygen atoms in total. The highest BCUT2D eigenvalue weighted by Gasteiger charge is 2.27. The van der Waals surface area contributed by atoms with Crippen LogP contribution in [0.4, 0.5) is 5.69 Å². The highest BCUT2D eigenvalue weighted by atomic mass is 33.1. The molecule has 1 saturated heterocycles. The third-order valence-corrected chi connectivity index (χ3v) is 7.48. The number of nitrogens with zero attached hydrogens (tertiary/aromatic N) is 3. The van der Waals surface area contributed by atoms with Crippen molar-refractivity contribution in [2.24, 2.45) is 0 Å². The topological polar surface area (TPSA) is 96.6 Å². The van der Waals surface area contributed by atoms with Crippen molar-refractivity contribution in [2.75, 3.05) is 13.1 Å². The van der Waals surface area contributed by atoms with Gasteiger partial charge in [0.25, 0.3) is 0 Å². The summed E-state index contributed by atoms with van der Waals surface area (Å²) in [7, 11) is 2.67. The molecule has 1 unspecified atom stereocenters. The molecular formula is C20H21N3O4S2. The Balaban J connectivity index is 1.69. The van der Waals surface area contributed by atoms with Crippen molar-refractivity contribution < 1.29 is 14.8 Å². The van der Waals surface area contributed by atoms with E-state index >= 15 is 0 Å². The summed E-state index contributed by atoms with van der Waals surface area (Å²) in [4.78, 5) is 28.4. The van der Waals surface area contributed by atoms with Crippen LogP contribution < -0.4 is 0 Å². The number of hydrogen-bond acceptors (Lipinski definition) is 7. The van der Waals surface area contributed by atoms with Crippen molar-refractivity contribution in [2.45, 2.75) is 30.2 Å². The van der Waals surface area contributed by atoms with Crippen LogP contribution in [0, 0.1) is 17.0 Å². The van der Waals surface area contributed by atoms with E-state index in [-0.39, 0.29) is 10.9 Å². The van der Waals surface area contributed by atoms with Gasteiger partial charge in [-0.25, -0.2) is 9.78 Å². The highest BCUT2D eigenvalue weighted by molar-refractivity contribution is 8.77. The minimum absolute atomic E-state index is 0.0363. The average Bonchev–Trinajstić information content (AvgIpc) is 2.69. The van der Waals surface area contributed by atoms with Crippen molar-refractivity contribution >= 4 is 33.2 Å². The number of aryl methyl sites for hydroxylation is 1. The molecule has 0 amide bonds. The molecule has 1 aromatic heterocycles. The van der Waals surface area contributed by atoms with Crippen LogP contribution in [0.2, 0.25) is 0 Å². The van der Waals surface area contributed by atoms with Gasteiger partial charge in [0, 0.05) is 43.2 Å². The van der Waals surface area contributed by atoms with Crippen LogP contribution in [0.1, 0.15) is 17.5 Å². The fourth-order valence-corrected chi connectivity index (χ4v) is 5.86. The predicted molar refractivity (Wildman–Crippen MR) is 115 cm³/mol. The number of rotatable bonds is 7. The lowest BCUT2D eigenvalue weighted by molar-refractivity contribution is -0.388. The van der Waals surface area contributed by atoms with Crippen LogP contribution in [0.15, 0.2) is 59.3 Å². The number of aliphatic carboxylic acids is 1. The number of carboxylic acid groups (broad SMARTS) is 1. The number of aromatic nitrogens is 1. The maximum Gasteiger partial charge on any atom is 0.328 e. The quantitative estimate of drug-likeness (QED) is 0.300.